The first-order valence-corrected chi connectivity index (χ1v) is 7.83. The molecule has 0 bridgehead atoms. The number of halogens is 1. The minimum absolute atomic E-state index is 0.527. The third-order valence-corrected chi connectivity index (χ3v) is 4.69. The zero-order valence-corrected chi connectivity index (χ0v) is 12.7. The molecule has 19 heavy (non-hydrogen) atoms. The average Bonchev–Trinajstić information content (AvgIpc) is 2.84. The van der Waals surface area contributed by atoms with Gasteiger partial charge in [0.15, 0.2) is 5.65 Å². The molecule has 0 spiro atoms. The van der Waals surface area contributed by atoms with Crippen LogP contribution in [0, 0.1) is 5.92 Å². The van der Waals surface area contributed by atoms with Gasteiger partial charge in [-0.25, -0.2) is 4.52 Å². The predicted molar refractivity (Wildman–Crippen MR) is 80.3 cm³/mol. The number of pyridine rings is 1. The van der Waals surface area contributed by atoms with Crippen molar-refractivity contribution in [3.05, 3.63) is 22.8 Å². The van der Waals surface area contributed by atoms with Crippen molar-refractivity contribution >= 4 is 27.5 Å². The maximum absolute atomic E-state index is 4.54. The van der Waals surface area contributed by atoms with Crippen LogP contribution in [0.5, 0.6) is 0 Å². The molecule has 2 aromatic heterocycles. The Labute approximate surface area is 121 Å². The highest BCUT2D eigenvalue weighted by Crippen LogP contribution is 2.28. The molecule has 0 atom stereocenters. The highest BCUT2D eigenvalue weighted by molar-refractivity contribution is 9.10. The largest absolute Gasteiger partial charge is 0.350 e. The second kappa shape index (κ2) is 5.49. The van der Waals surface area contributed by atoms with Gasteiger partial charge < -0.3 is 5.32 Å². The molecule has 0 unspecified atom stereocenters. The third-order valence-electron chi connectivity index (χ3n) is 4.07. The molecular weight excluding hydrogens is 304 g/mol. The SMILES string of the molecule is CCC1CCC(Nc2nc3c(Br)cccn3n2)CC1. The Balaban J connectivity index is 1.70. The zero-order valence-electron chi connectivity index (χ0n) is 11.1. The molecule has 1 N–H and O–H groups in total. The molecule has 0 saturated heterocycles. The van der Waals surface area contributed by atoms with Gasteiger partial charge in [-0.05, 0) is 59.7 Å². The molecular formula is C14H19BrN4. The summed E-state index contributed by atoms with van der Waals surface area (Å²) < 4.78 is 2.79. The fourth-order valence-corrected chi connectivity index (χ4v) is 3.26. The monoisotopic (exact) mass is 322 g/mol. The molecule has 4 nitrogen and oxygen atoms in total. The van der Waals surface area contributed by atoms with Crippen LogP contribution >= 0.6 is 15.9 Å². The van der Waals surface area contributed by atoms with Crippen molar-refractivity contribution < 1.29 is 0 Å². The molecule has 5 heteroatoms. The Kier molecular flexibility index (Phi) is 3.73. The lowest BCUT2D eigenvalue weighted by molar-refractivity contribution is 0.329. The van der Waals surface area contributed by atoms with E-state index in [1.807, 2.05) is 22.8 Å². The second-order valence-electron chi connectivity index (χ2n) is 5.33. The average molecular weight is 323 g/mol. The van der Waals surface area contributed by atoms with Crippen molar-refractivity contribution in [2.45, 2.75) is 45.1 Å². The Hall–Kier alpha value is -1.10. The van der Waals surface area contributed by atoms with Crippen LogP contribution in [0.25, 0.3) is 5.65 Å². The maximum Gasteiger partial charge on any atom is 0.243 e. The summed E-state index contributed by atoms with van der Waals surface area (Å²) in [5.74, 6) is 1.66. The number of nitrogens with one attached hydrogen (secondary N) is 1. The van der Waals surface area contributed by atoms with E-state index in [1.165, 1.54) is 32.1 Å². The molecule has 0 aliphatic heterocycles. The summed E-state index contributed by atoms with van der Waals surface area (Å²) in [6.45, 7) is 2.29. The number of hydrogen-bond donors (Lipinski definition) is 1. The fraction of sp³-hybridized carbons (Fsp3) is 0.571. The quantitative estimate of drug-likeness (QED) is 0.932. The number of nitrogens with zero attached hydrogens (tertiary/aromatic N) is 3. The van der Waals surface area contributed by atoms with Crippen molar-refractivity contribution in [2.24, 2.45) is 5.92 Å². The smallest absolute Gasteiger partial charge is 0.243 e. The topological polar surface area (TPSA) is 42.2 Å². The summed E-state index contributed by atoms with van der Waals surface area (Å²) in [5.41, 5.74) is 0.868. The van der Waals surface area contributed by atoms with Crippen LogP contribution in [-0.2, 0) is 0 Å². The second-order valence-corrected chi connectivity index (χ2v) is 6.18. The number of fused-ring (bicyclic) bond motifs is 1. The molecule has 1 aliphatic rings. The summed E-state index contributed by atoms with van der Waals surface area (Å²) in [5, 5.41) is 7.95. The van der Waals surface area contributed by atoms with Crippen LogP contribution in [0.15, 0.2) is 22.8 Å². The lowest BCUT2D eigenvalue weighted by Gasteiger charge is -2.27. The van der Waals surface area contributed by atoms with Gasteiger partial charge in [0.25, 0.3) is 0 Å². The molecule has 0 radical (unpaired) electrons. The zero-order chi connectivity index (χ0) is 13.2. The minimum atomic E-state index is 0.527. The molecule has 0 amide bonds. The lowest BCUT2D eigenvalue weighted by atomic mass is 9.85. The van der Waals surface area contributed by atoms with Crippen molar-refractivity contribution in [1.29, 1.82) is 0 Å². The van der Waals surface area contributed by atoms with E-state index in [9.17, 15) is 0 Å². The first-order valence-electron chi connectivity index (χ1n) is 7.03. The van der Waals surface area contributed by atoms with E-state index in [1.54, 1.807) is 0 Å². The van der Waals surface area contributed by atoms with Gasteiger partial charge in [0, 0.05) is 12.2 Å². The summed E-state index contributed by atoms with van der Waals surface area (Å²) in [4.78, 5) is 4.54. The van der Waals surface area contributed by atoms with E-state index in [4.69, 9.17) is 0 Å². The van der Waals surface area contributed by atoms with Crippen LogP contribution in [0.1, 0.15) is 39.0 Å². The van der Waals surface area contributed by atoms with Gasteiger partial charge in [-0.2, -0.15) is 4.98 Å². The summed E-state index contributed by atoms with van der Waals surface area (Å²) >= 11 is 3.50. The Morgan fingerprint density at radius 2 is 2.16 bits per heavy atom. The first-order chi connectivity index (χ1) is 9.26. The molecule has 2 aromatic rings. The summed E-state index contributed by atoms with van der Waals surface area (Å²) in [6.07, 6.45) is 8.35. The molecule has 1 saturated carbocycles. The Morgan fingerprint density at radius 1 is 1.37 bits per heavy atom. The number of rotatable bonds is 3. The van der Waals surface area contributed by atoms with E-state index in [0.717, 1.165) is 22.0 Å². The molecule has 102 valence electrons. The Bertz CT molecular complexity index is 558. The van der Waals surface area contributed by atoms with Crippen LogP contribution in [0.3, 0.4) is 0 Å². The van der Waals surface area contributed by atoms with Gasteiger partial charge in [0.2, 0.25) is 5.95 Å². The van der Waals surface area contributed by atoms with Crippen molar-refractivity contribution in [3.8, 4) is 0 Å². The van der Waals surface area contributed by atoms with Gasteiger partial charge in [0.1, 0.15) is 0 Å². The normalized spacial score (nSPS) is 23.7. The number of aromatic nitrogens is 3. The van der Waals surface area contributed by atoms with Gasteiger partial charge in [-0.15, -0.1) is 5.10 Å². The van der Waals surface area contributed by atoms with Crippen molar-refractivity contribution in [3.63, 3.8) is 0 Å². The van der Waals surface area contributed by atoms with Gasteiger partial charge in [-0.1, -0.05) is 13.3 Å². The van der Waals surface area contributed by atoms with Crippen LogP contribution in [-0.4, -0.2) is 20.6 Å². The van der Waals surface area contributed by atoms with Gasteiger partial charge >= 0.3 is 0 Å². The predicted octanol–water partition coefficient (Wildman–Crippen LogP) is 3.87. The van der Waals surface area contributed by atoms with Crippen LogP contribution in [0.2, 0.25) is 0 Å². The highest BCUT2D eigenvalue weighted by atomic mass is 79.9. The standard InChI is InChI=1S/C14H19BrN4/c1-2-10-5-7-11(8-6-10)16-14-17-13-12(15)4-3-9-19(13)18-14/h3-4,9-11H,2,5-8H2,1H3,(H,16,18). The van der Waals surface area contributed by atoms with E-state index in [-0.39, 0.29) is 0 Å². The van der Waals surface area contributed by atoms with Crippen molar-refractivity contribution in [2.75, 3.05) is 5.32 Å². The van der Waals surface area contributed by atoms with Crippen LogP contribution < -0.4 is 5.32 Å². The van der Waals surface area contributed by atoms with Gasteiger partial charge in [-0.3, -0.25) is 0 Å². The minimum Gasteiger partial charge on any atom is -0.350 e. The van der Waals surface area contributed by atoms with Gasteiger partial charge in [0.05, 0.1) is 4.47 Å². The van der Waals surface area contributed by atoms with E-state index in [0.29, 0.717) is 6.04 Å². The third kappa shape index (κ3) is 2.76. The molecule has 2 heterocycles. The fourth-order valence-electron chi connectivity index (χ4n) is 2.83. The first kappa shape index (κ1) is 12.9. The highest BCUT2D eigenvalue weighted by Gasteiger charge is 2.20. The summed E-state index contributed by atoms with van der Waals surface area (Å²) in [6, 6.07) is 4.47. The Morgan fingerprint density at radius 3 is 2.84 bits per heavy atom. The van der Waals surface area contributed by atoms with E-state index < -0.39 is 0 Å². The van der Waals surface area contributed by atoms with E-state index >= 15 is 0 Å². The van der Waals surface area contributed by atoms with Crippen molar-refractivity contribution in [1.82, 2.24) is 14.6 Å². The maximum atomic E-state index is 4.54. The summed E-state index contributed by atoms with van der Waals surface area (Å²) in [7, 11) is 0. The molecule has 3 rings (SSSR count). The molecule has 1 aliphatic carbocycles. The van der Waals surface area contributed by atoms with E-state index in [2.05, 4.69) is 38.3 Å². The molecule has 0 aromatic carbocycles. The molecule has 1 fully saturated rings. The lowest BCUT2D eigenvalue weighted by Crippen LogP contribution is -2.26. The van der Waals surface area contributed by atoms with Crippen LogP contribution in [0.4, 0.5) is 5.95 Å². The number of anilines is 1. The number of hydrogen-bond acceptors (Lipinski definition) is 3.